The first-order valence-corrected chi connectivity index (χ1v) is 8.48. The number of carbonyl (C=O) groups excluding carboxylic acids is 1. The van der Waals surface area contributed by atoms with Crippen LogP contribution in [0.1, 0.15) is 36.5 Å². The minimum atomic E-state index is -0.137. The third-order valence-corrected chi connectivity index (χ3v) is 5.49. The van der Waals surface area contributed by atoms with Crippen molar-refractivity contribution in [3.8, 4) is 0 Å². The van der Waals surface area contributed by atoms with Crippen LogP contribution in [0.25, 0.3) is 0 Å². The number of amides is 1. The van der Waals surface area contributed by atoms with Crippen molar-refractivity contribution in [3.63, 3.8) is 0 Å². The number of benzene rings is 1. The van der Waals surface area contributed by atoms with Gasteiger partial charge in [0, 0.05) is 16.9 Å². The fourth-order valence-corrected chi connectivity index (χ4v) is 3.95. The predicted octanol–water partition coefficient (Wildman–Crippen LogP) is 3.98. The topological polar surface area (TPSA) is 55.1 Å². The van der Waals surface area contributed by atoms with E-state index in [2.05, 4.69) is 12.2 Å². The Kier molecular flexibility index (Phi) is 5.47. The van der Waals surface area contributed by atoms with E-state index in [9.17, 15) is 4.79 Å². The third-order valence-electron chi connectivity index (χ3n) is 3.44. The Bertz CT molecular complexity index is 487. The molecule has 1 amide bonds. The highest BCUT2D eigenvalue weighted by Gasteiger charge is 2.26. The van der Waals surface area contributed by atoms with Gasteiger partial charge in [-0.2, -0.15) is 11.8 Å². The number of nitrogens with one attached hydrogen (secondary N) is 1. The summed E-state index contributed by atoms with van der Waals surface area (Å²) in [7, 11) is 0. The van der Waals surface area contributed by atoms with E-state index in [1.165, 1.54) is 0 Å². The smallest absolute Gasteiger partial charge is 0.251 e. The molecule has 0 aromatic heterocycles. The molecule has 0 radical (unpaired) electrons. The van der Waals surface area contributed by atoms with Crippen molar-refractivity contribution in [2.75, 3.05) is 11.5 Å². The fraction of sp³-hybridized carbons (Fsp3) is 0.500. The van der Waals surface area contributed by atoms with Crippen LogP contribution >= 0.6 is 35.0 Å². The molecule has 1 aromatic rings. The molecule has 2 unspecified atom stereocenters. The standard InChI is InChI=1S/C14H18Cl2N2OS/c1-2-20-10-4-3-9(7-10)18-14(19)8-5-11(15)13(16)12(17)6-8/h5-6,9-10H,2-4,7,17H2,1H3,(H,18,19). The molecule has 1 aromatic carbocycles. The van der Waals surface area contributed by atoms with E-state index in [0.717, 1.165) is 25.0 Å². The quantitative estimate of drug-likeness (QED) is 0.820. The van der Waals surface area contributed by atoms with Gasteiger partial charge in [0.05, 0.1) is 15.7 Å². The van der Waals surface area contributed by atoms with Gasteiger partial charge in [0.25, 0.3) is 5.91 Å². The molecule has 1 saturated carbocycles. The molecule has 1 fully saturated rings. The lowest BCUT2D eigenvalue weighted by Gasteiger charge is -2.14. The first-order chi connectivity index (χ1) is 9.51. The van der Waals surface area contributed by atoms with Gasteiger partial charge in [0.2, 0.25) is 0 Å². The molecule has 3 nitrogen and oxygen atoms in total. The zero-order chi connectivity index (χ0) is 14.7. The molecular formula is C14H18Cl2N2OS. The average Bonchev–Trinajstić information content (AvgIpc) is 2.83. The largest absolute Gasteiger partial charge is 0.397 e. The Balaban J connectivity index is 1.99. The van der Waals surface area contributed by atoms with E-state index in [1.54, 1.807) is 12.1 Å². The van der Waals surface area contributed by atoms with Crippen LogP contribution in [0.15, 0.2) is 12.1 Å². The number of thioether (sulfide) groups is 1. The first-order valence-electron chi connectivity index (χ1n) is 6.68. The van der Waals surface area contributed by atoms with E-state index >= 15 is 0 Å². The average molecular weight is 333 g/mol. The second kappa shape index (κ2) is 6.92. The lowest BCUT2D eigenvalue weighted by Crippen LogP contribution is -2.33. The SMILES string of the molecule is CCSC1CCC(NC(=O)c2cc(N)c(Cl)c(Cl)c2)C1. The van der Waals surface area contributed by atoms with Crippen LogP contribution in [0.5, 0.6) is 0 Å². The summed E-state index contributed by atoms with van der Waals surface area (Å²) in [6.07, 6.45) is 3.22. The molecule has 0 heterocycles. The predicted molar refractivity (Wildman–Crippen MR) is 87.9 cm³/mol. The summed E-state index contributed by atoms with van der Waals surface area (Å²) in [6.45, 7) is 2.16. The number of carbonyl (C=O) groups is 1. The van der Waals surface area contributed by atoms with Crippen molar-refractivity contribution in [3.05, 3.63) is 27.7 Å². The van der Waals surface area contributed by atoms with Gasteiger partial charge in [-0.3, -0.25) is 4.79 Å². The second-order valence-electron chi connectivity index (χ2n) is 4.92. The minimum absolute atomic E-state index is 0.137. The van der Waals surface area contributed by atoms with Crippen LogP contribution < -0.4 is 11.1 Å². The summed E-state index contributed by atoms with van der Waals surface area (Å²) in [5.74, 6) is 0.983. The number of halogens is 2. The Hall–Kier alpha value is -0.580. The summed E-state index contributed by atoms with van der Waals surface area (Å²) >= 11 is 13.8. The maximum absolute atomic E-state index is 12.2. The number of rotatable bonds is 4. The maximum atomic E-state index is 12.2. The van der Waals surface area contributed by atoms with Gasteiger partial charge in [-0.15, -0.1) is 0 Å². The van der Waals surface area contributed by atoms with Crippen molar-refractivity contribution < 1.29 is 4.79 Å². The van der Waals surface area contributed by atoms with Crippen LogP contribution in [-0.4, -0.2) is 23.0 Å². The lowest BCUT2D eigenvalue weighted by molar-refractivity contribution is 0.0938. The van der Waals surface area contributed by atoms with Gasteiger partial charge in [-0.1, -0.05) is 30.1 Å². The van der Waals surface area contributed by atoms with Crippen LogP contribution in [0.4, 0.5) is 5.69 Å². The van der Waals surface area contributed by atoms with Gasteiger partial charge in [-0.25, -0.2) is 0 Å². The highest BCUT2D eigenvalue weighted by Crippen LogP contribution is 2.31. The monoisotopic (exact) mass is 332 g/mol. The molecule has 20 heavy (non-hydrogen) atoms. The van der Waals surface area contributed by atoms with E-state index in [1.807, 2.05) is 11.8 Å². The van der Waals surface area contributed by atoms with E-state index < -0.39 is 0 Å². The Labute approximate surface area is 133 Å². The molecule has 0 spiro atoms. The first kappa shape index (κ1) is 15.8. The number of nitrogens with two attached hydrogens (primary N) is 1. The summed E-state index contributed by atoms with van der Waals surface area (Å²) in [5, 5.41) is 4.31. The molecule has 6 heteroatoms. The summed E-state index contributed by atoms with van der Waals surface area (Å²) < 4.78 is 0. The maximum Gasteiger partial charge on any atom is 0.251 e. The van der Waals surface area contributed by atoms with Crippen LogP contribution in [0.3, 0.4) is 0 Å². The number of nitrogen functional groups attached to an aromatic ring is 1. The van der Waals surface area contributed by atoms with Gasteiger partial charge >= 0.3 is 0 Å². The molecule has 3 N–H and O–H groups in total. The summed E-state index contributed by atoms with van der Waals surface area (Å²) in [5.41, 5.74) is 6.52. The second-order valence-corrected chi connectivity index (χ2v) is 7.28. The van der Waals surface area contributed by atoms with E-state index in [4.69, 9.17) is 28.9 Å². The van der Waals surface area contributed by atoms with Gasteiger partial charge < -0.3 is 11.1 Å². The van der Waals surface area contributed by atoms with Crippen molar-refractivity contribution in [1.82, 2.24) is 5.32 Å². The van der Waals surface area contributed by atoms with Crippen LogP contribution in [0, 0.1) is 0 Å². The molecule has 2 atom stereocenters. The van der Waals surface area contributed by atoms with Crippen molar-refractivity contribution >= 4 is 46.6 Å². The fourth-order valence-electron chi connectivity index (χ4n) is 2.47. The van der Waals surface area contributed by atoms with E-state index in [0.29, 0.717) is 26.5 Å². The van der Waals surface area contributed by atoms with Gasteiger partial charge in [0.1, 0.15) is 0 Å². The lowest BCUT2D eigenvalue weighted by atomic mass is 10.1. The Morgan fingerprint density at radius 2 is 2.20 bits per heavy atom. The van der Waals surface area contributed by atoms with Crippen LogP contribution in [-0.2, 0) is 0 Å². The minimum Gasteiger partial charge on any atom is -0.397 e. The normalized spacial score (nSPS) is 21.9. The molecule has 0 saturated heterocycles. The Morgan fingerprint density at radius 3 is 2.85 bits per heavy atom. The zero-order valence-electron chi connectivity index (χ0n) is 11.3. The zero-order valence-corrected chi connectivity index (χ0v) is 13.6. The molecule has 1 aliphatic rings. The molecule has 1 aliphatic carbocycles. The Morgan fingerprint density at radius 1 is 1.45 bits per heavy atom. The molecule has 0 bridgehead atoms. The third kappa shape index (κ3) is 3.74. The highest BCUT2D eigenvalue weighted by atomic mass is 35.5. The van der Waals surface area contributed by atoms with Crippen molar-refractivity contribution in [2.45, 2.75) is 37.5 Å². The number of anilines is 1. The summed E-state index contributed by atoms with van der Waals surface area (Å²) in [6, 6.07) is 3.36. The molecular weight excluding hydrogens is 315 g/mol. The summed E-state index contributed by atoms with van der Waals surface area (Å²) in [4.78, 5) is 12.2. The van der Waals surface area contributed by atoms with Crippen molar-refractivity contribution in [1.29, 1.82) is 0 Å². The molecule has 2 rings (SSSR count). The molecule has 110 valence electrons. The number of hydrogen-bond donors (Lipinski definition) is 2. The highest BCUT2D eigenvalue weighted by molar-refractivity contribution is 7.99. The van der Waals surface area contributed by atoms with Gasteiger partial charge in [0.15, 0.2) is 0 Å². The van der Waals surface area contributed by atoms with Crippen molar-refractivity contribution in [2.24, 2.45) is 0 Å². The molecule has 0 aliphatic heterocycles. The van der Waals surface area contributed by atoms with E-state index in [-0.39, 0.29) is 11.9 Å². The number of hydrogen-bond acceptors (Lipinski definition) is 3. The van der Waals surface area contributed by atoms with Gasteiger partial charge in [-0.05, 0) is 37.1 Å². The van der Waals surface area contributed by atoms with Crippen LogP contribution in [0.2, 0.25) is 10.0 Å².